The van der Waals surface area contributed by atoms with Gasteiger partial charge in [-0.2, -0.15) is 0 Å². The van der Waals surface area contributed by atoms with E-state index in [1.165, 1.54) is 0 Å². The van der Waals surface area contributed by atoms with Crippen LogP contribution in [0.4, 0.5) is 0 Å². The second-order valence-corrected chi connectivity index (χ2v) is 3.13. The fourth-order valence-electron chi connectivity index (χ4n) is 1.06. The molecular formula is C9H8ClNO3. The number of aliphatic hydroxyl groups is 1. The first-order valence-corrected chi connectivity index (χ1v) is 4.31. The highest BCUT2D eigenvalue weighted by molar-refractivity contribution is 6.31. The third-order valence-corrected chi connectivity index (χ3v) is 2.08. The molecule has 1 rings (SSSR count). The Morgan fingerprint density at radius 1 is 1.50 bits per heavy atom. The van der Waals surface area contributed by atoms with Crippen molar-refractivity contribution < 1.29 is 9.90 Å². The zero-order chi connectivity index (χ0) is 10.6. The van der Waals surface area contributed by atoms with E-state index in [4.69, 9.17) is 11.6 Å². The number of hydrogen-bond acceptors (Lipinski definition) is 3. The smallest absolute Gasteiger partial charge is 0.289 e. The minimum Gasteiger partial charge on any atom is -0.388 e. The van der Waals surface area contributed by atoms with Crippen molar-refractivity contribution in [2.75, 3.05) is 0 Å². The van der Waals surface area contributed by atoms with Gasteiger partial charge < -0.3 is 5.11 Å². The molecule has 0 radical (unpaired) electrons. The summed E-state index contributed by atoms with van der Waals surface area (Å²) in [6, 6.07) is 6.58. The van der Waals surface area contributed by atoms with Gasteiger partial charge in [-0.15, -0.1) is 4.91 Å². The van der Waals surface area contributed by atoms with Crippen LogP contribution in [0.5, 0.6) is 0 Å². The van der Waals surface area contributed by atoms with Gasteiger partial charge in [0.05, 0.1) is 12.5 Å². The fraction of sp³-hybridized carbons (Fsp3) is 0.222. The largest absolute Gasteiger partial charge is 0.388 e. The summed E-state index contributed by atoms with van der Waals surface area (Å²) in [7, 11) is 0. The van der Waals surface area contributed by atoms with Crippen molar-refractivity contribution in [2.24, 2.45) is 5.18 Å². The number of nitrogens with zero attached hydrogens (tertiary/aromatic N) is 1. The number of carbonyl (C=O) groups excluding carboxylic acids is 1. The Labute approximate surface area is 85.5 Å². The highest BCUT2D eigenvalue weighted by atomic mass is 35.5. The molecule has 4 nitrogen and oxygen atoms in total. The van der Waals surface area contributed by atoms with Crippen molar-refractivity contribution in [2.45, 2.75) is 12.5 Å². The summed E-state index contributed by atoms with van der Waals surface area (Å²) in [5, 5.41) is 12.1. The number of carbonyl (C=O) groups is 1. The van der Waals surface area contributed by atoms with Gasteiger partial charge in [0.1, 0.15) is 0 Å². The lowest BCUT2D eigenvalue weighted by Gasteiger charge is -2.09. The monoisotopic (exact) mass is 213 g/mol. The van der Waals surface area contributed by atoms with Gasteiger partial charge in [-0.3, -0.25) is 4.79 Å². The minimum absolute atomic E-state index is 0.340. The van der Waals surface area contributed by atoms with Gasteiger partial charge in [0.15, 0.2) is 0 Å². The van der Waals surface area contributed by atoms with Gasteiger partial charge in [-0.1, -0.05) is 29.8 Å². The maximum absolute atomic E-state index is 10.6. The van der Waals surface area contributed by atoms with Crippen molar-refractivity contribution in [3.05, 3.63) is 39.8 Å². The molecule has 0 aliphatic heterocycles. The first-order chi connectivity index (χ1) is 6.65. The molecule has 0 aliphatic rings. The van der Waals surface area contributed by atoms with E-state index in [0.29, 0.717) is 10.6 Å². The molecule has 0 bridgehead atoms. The lowest BCUT2D eigenvalue weighted by molar-refractivity contribution is -0.119. The molecule has 0 heterocycles. The van der Waals surface area contributed by atoms with Crippen molar-refractivity contribution in [1.82, 2.24) is 0 Å². The minimum atomic E-state index is -1.08. The molecule has 14 heavy (non-hydrogen) atoms. The van der Waals surface area contributed by atoms with Crippen molar-refractivity contribution in [3.63, 3.8) is 0 Å². The van der Waals surface area contributed by atoms with Crippen LogP contribution in [0, 0.1) is 4.91 Å². The lowest BCUT2D eigenvalue weighted by atomic mass is 10.1. The zero-order valence-electron chi connectivity index (χ0n) is 7.18. The molecular weight excluding hydrogens is 206 g/mol. The Balaban J connectivity index is 2.79. The Morgan fingerprint density at radius 3 is 2.71 bits per heavy atom. The summed E-state index contributed by atoms with van der Waals surface area (Å²) < 4.78 is 0. The lowest BCUT2D eigenvalue weighted by Crippen LogP contribution is -2.04. The Bertz CT molecular complexity index is 354. The predicted octanol–water partition coefficient (Wildman–Crippen LogP) is 2.06. The van der Waals surface area contributed by atoms with E-state index in [2.05, 4.69) is 5.18 Å². The van der Waals surface area contributed by atoms with Gasteiger partial charge in [-0.05, 0) is 11.6 Å². The topological polar surface area (TPSA) is 66.7 Å². The predicted molar refractivity (Wildman–Crippen MR) is 51.8 cm³/mol. The molecule has 0 fully saturated rings. The molecule has 0 aromatic heterocycles. The molecule has 0 saturated carbocycles. The first-order valence-electron chi connectivity index (χ1n) is 3.94. The maximum Gasteiger partial charge on any atom is 0.289 e. The van der Waals surface area contributed by atoms with E-state index < -0.39 is 12.0 Å². The summed E-state index contributed by atoms with van der Waals surface area (Å²) >= 11 is 5.77. The van der Waals surface area contributed by atoms with Crippen molar-refractivity contribution >= 4 is 17.5 Å². The van der Waals surface area contributed by atoms with Gasteiger partial charge in [-0.25, -0.2) is 0 Å². The van der Waals surface area contributed by atoms with Crippen LogP contribution in [-0.4, -0.2) is 11.0 Å². The third kappa shape index (κ3) is 2.61. The van der Waals surface area contributed by atoms with Gasteiger partial charge in [0.25, 0.3) is 5.91 Å². The maximum atomic E-state index is 10.6. The van der Waals surface area contributed by atoms with E-state index in [-0.39, 0.29) is 6.42 Å². The quantitative estimate of drug-likeness (QED) is 0.782. The Hall–Kier alpha value is -1.26. The molecule has 1 atom stereocenters. The molecule has 1 aromatic carbocycles. The Kier molecular flexibility index (Phi) is 3.73. The number of amides is 1. The van der Waals surface area contributed by atoms with Crippen LogP contribution in [-0.2, 0) is 4.79 Å². The molecule has 74 valence electrons. The average molecular weight is 214 g/mol. The fourth-order valence-corrected chi connectivity index (χ4v) is 1.32. The van der Waals surface area contributed by atoms with Crippen LogP contribution >= 0.6 is 11.6 Å². The number of halogens is 1. The average Bonchev–Trinajstić information content (AvgIpc) is 2.18. The number of rotatable bonds is 3. The summed E-state index contributed by atoms with van der Waals surface area (Å²) in [4.78, 5) is 20.4. The summed E-state index contributed by atoms with van der Waals surface area (Å²) in [5.41, 5.74) is 0.422. The van der Waals surface area contributed by atoms with E-state index in [0.717, 1.165) is 0 Å². The van der Waals surface area contributed by atoms with Crippen LogP contribution in [0.2, 0.25) is 5.02 Å². The SMILES string of the molecule is O=NC(=O)C[C@H](O)c1ccccc1Cl. The number of hydrogen-bond donors (Lipinski definition) is 1. The number of aliphatic hydroxyl groups excluding tert-OH is 1. The van der Waals surface area contributed by atoms with Gasteiger partial charge in [0, 0.05) is 10.2 Å². The second kappa shape index (κ2) is 4.83. The van der Waals surface area contributed by atoms with Gasteiger partial charge >= 0.3 is 0 Å². The van der Waals surface area contributed by atoms with Crippen LogP contribution in [0.3, 0.4) is 0 Å². The van der Waals surface area contributed by atoms with E-state index in [1.807, 2.05) is 0 Å². The third-order valence-electron chi connectivity index (χ3n) is 1.73. The molecule has 0 spiro atoms. The molecule has 5 heteroatoms. The Morgan fingerprint density at radius 2 is 2.14 bits per heavy atom. The molecule has 0 aliphatic carbocycles. The van der Waals surface area contributed by atoms with Gasteiger partial charge in [0.2, 0.25) is 0 Å². The van der Waals surface area contributed by atoms with Crippen LogP contribution in [0.15, 0.2) is 29.4 Å². The molecule has 1 amide bonds. The zero-order valence-corrected chi connectivity index (χ0v) is 7.94. The first kappa shape index (κ1) is 10.8. The van der Waals surface area contributed by atoms with Crippen LogP contribution < -0.4 is 0 Å². The standard InChI is InChI=1S/C9H8ClNO3/c10-7-4-2-1-3-6(7)8(12)5-9(13)11-14/h1-4,8,12H,5H2/t8-/m0/s1. The highest BCUT2D eigenvalue weighted by Gasteiger charge is 2.15. The molecule has 1 aromatic rings. The van der Waals surface area contributed by atoms with E-state index >= 15 is 0 Å². The summed E-state index contributed by atoms with van der Waals surface area (Å²) in [6.45, 7) is 0. The van der Waals surface area contributed by atoms with E-state index in [9.17, 15) is 14.8 Å². The molecule has 0 saturated heterocycles. The molecule has 1 N–H and O–H groups in total. The normalized spacial score (nSPS) is 12.1. The second-order valence-electron chi connectivity index (χ2n) is 2.73. The van der Waals surface area contributed by atoms with Crippen molar-refractivity contribution in [3.8, 4) is 0 Å². The van der Waals surface area contributed by atoms with Crippen molar-refractivity contribution in [1.29, 1.82) is 0 Å². The van der Waals surface area contributed by atoms with Crippen LogP contribution in [0.1, 0.15) is 18.1 Å². The number of benzene rings is 1. The summed E-state index contributed by atoms with van der Waals surface area (Å²) in [6.07, 6.45) is -1.42. The number of nitroso groups, excluding NO2 is 1. The van der Waals surface area contributed by atoms with Crippen LogP contribution in [0.25, 0.3) is 0 Å². The molecule has 0 unspecified atom stereocenters. The highest BCUT2D eigenvalue weighted by Crippen LogP contribution is 2.24. The summed E-state index contributed by atoms with van der Waals surface area (Å²) in [5.74, 6) is -0.891. The van der Waals surface area contributed by atoms with E-state index in [1.54, 1.807) is 24.3 Å².